The first-order chi connectivity index (χ1) is 18.2. The molecule has 0 spiro atoms. The average molecular weight is 514 g/mol. The monoisotopic (exact) mass is 513 g/mol. The number of rotatable bonds is 9. The van der Waals surface area contributed by atoms with E-state index in [9.17, 15) is 4.79 Å². The van der Waals surface area contributed by atoms with Gasteiger partial charge in [0, 0.05) is 36.9 Å². The van der Waals surface area contributed by atoms with Crippen LogP contribution in [-0.2, 0) is 6.54 Å². The van der Waals surface area contributed by atoms with E-state index in [1.807, 2.05) is 73.3 Å². The number of carbonyl (C=O) groups excluding carboxylic acids is 1. The van der Waals surface area contributed by atoms with Gasteiger partial charge in [0.25, 0.3) is 5.91 Å². The number of anilines is 1. The van der Waals surface area contributed by atoms with Gasteiger partial charge in [0.2, 0.25) is 5.96 Å². The molecule has 1 fully saturated rings. The van der Waals surface area contributed by atoms with E-state index < -0.39 is 0 Å². The third kappa shape index (κ3) is 6.96. The molecule has 3 heterocycles. The first-order valence-corrected chi connectivity index (χ1v) is 13.3. The number of aromatic nitrogens is 1. The van der Waals surface area contributed by atoms with Crippen molar-refractivity contribution in [2.75, 3.05) is 25.0 Å². The largest absolute Gasteiger partial charge is 0.380 e. The summed E-state index contributed by atoms with van der Waals surface area (Å²) < 4.78 is 0. The van der Waals surface area contributed by atoms with E-state index >= 15 is 0 Å². The number of carbonyl (C=O) groups is 1. The summed E-state index contributed by atoms with van der Waals surface area (Å²) in [6, 6.07) is 12.0. The molecule has 8 nitrogen and oxygen atoms in total. The number of hydrogen-bond acceptors (Lipinski definition) is 6. The van der Waals surface area contributed by atoms with E-state index in [4.69, 9.17) is 5.26 Å². The summed E-state index contributed by atoms with van der Waals surface area (Å²) >= 11 is 1.40. The number of guanidine groups is 1. The molecular formula is C28H31N7OS. The van der Waals surface area contributed by atoms with Crippen molar-refractivity contribution in [1.29, 1.82) is 5.26 Å². The lowest BCUT2D eigenvalue weighted by Gasteiger charge is -2.17. The van der Waals surface area contributed by atoms with Crippen molar-refractivity contribution in [2.45, 2.75) is 32.7 Å². The summed E-state index contributed by atoms with van der Waals surface area (Å²) in [5, 5.41) is 21.2. The van der Waals surface area contributed by atoms with Crippen molar-refractivity contribution in [1.82, 2.24) is 20.5 Å². The number of nitriles is 1. The van der Waals surface area contributed by atoms with Gasteiger partial charge in [0.1, 0.15) is 4.88 Å². The Bertz CT molecular complexity index is 1340. The standard InChI is InChI=1S/C28H31N7OS/c1-2-3-8-22(12-15-31-28(33-20-29)35-16-6-7-17-35)34-27(36)26-25(13-18-37-26)32-19-21-11-14-30-24-10-5-4-9-23(21)24/h3-5,8-14,18,32H,2,6-7,15-17,19H2,1H3,(H,31,33)(H,34,36)/b8-3-,22-12+. The van der Waals surface area contributed by atoms with E-state index in [0.29, 0.717) is 29.6 Å². The minimum Gasteiger partial charge on any atom is -0.380 e. The SMILES string of the molecule is CC/C=C\C(=C/CN=C(NC#N)N1CCCC1)NC(=O)c1sccc1NCc1ccnc2ccccc12. The number of hydrogen-bond donors (Lipinski definition) is 3. The van der Waals surface area contributed by atoms with Gasteiger partial charge < -0.3 is 15.5 Å². The molecule has 0 aliphatic carbocycles. The molecule has 1 aliphatic heterocycles. The molecule has 1 amide bonds. The maximum Gasteiger partial charge on any atom is 0.267 e. The fraction of sp³-hybridized carbons (Fsp3) is 0.286. The molecule has 3 aromatic rings. The van der Waals surface area contributed by atoms with Gasteiger partial charge in [-0.3, -0.25) is 15.1 Å². The molecule has 3 N–H and O–H groups in total. The number of aliphatic imine (C=N–C) groups is 1. The van der Waals surface area contributed by atoms with Crippen LogP contribution in [0.5, 0.6) is 0 Å². The van der Waals surface area contributed by atoms with Crippen LogP contribution in [0.2, 0.25) is 0 Å². The highest BCUT2D eigenvalue weighted by Gasteiger charge is 2.16. The normalized spacial score (nSPS) is 14.2. The van der Waals surface area contributed by atoms with Crippen LogP contribution in [-0.4, -0.2) is 41.4 Å². The number of amides is 1. The van der Waals surface area contributed by atoms with Gasteiger partial charge in [-0.15, -0.1) is 11.3 Å². The molecule has 4 rings (SSSR count). The topological polar surface area (TPSA) is 105 Å². The first kappa shape index (κ1) is 25.9. The second-order valence-electron chi connectivity index (χ2n) is 8.52. The third-order valence-electron chi connectivity index (χ3n) is 6.00. The van der Waals surface area contributed by atoms with Gasteiger partial charge in [0.05, 0.1) is 17.7 Å². The highest BCUT2D eigenvalue weighted by molar-refractivity contribution is 7.12. The molecule has 37 heavy (non-hydrogen) atoms. The van der Waals surface area contributed by atoms with Crippen LogP contribution >= 0.6 is 11.3 Å². The van der Waals surface area contributed by atoms with Crippen molar-refractivity contribution in [3.63, 3.8) is 0 Å². The van der Waals surface area contributed by atoms with Crippen LogP contribution in [0.25, 0.3) is 10.9 Å². The van der Waals surface area contributed by atoms with Crippen LogP contribution in [0.4, 0.5) is 5.69 Å². The van der Waals surface area contributed by atoms with Crippen molar-refractivity contribution in [3.8, 4) is 6.19 Å². The zero-order valence-corrected chi connectivity index (χ0v) is 21.7. The summed E-state index contributed by atoms with van der Waals surface area (Å²) in [5.74, 6) is 0.401. The van der Waals surface area contributed by atoms with Crippen LogP contribution in [0.1, 0.15) is 41.4 Å². The van der Waals surface area contributed by atoms with Gasteiger partial charge in [-0.2, -0.15) is 5.26 Å². The molecule has 0 atom stereocenters. The third-order valence-corrected chi connectivity index (χ3v) is 6.91. The Balaban J connectivity index is 1.44. The zero-order valence-electron chi connectivity index (χ0n) is 20.9. The summed E-state index contributed by atoms with van der Waals surface area (Å²) in [6.45, 7) is 4.74. The lowest BCUT2D eigenvalue weighted by molar-refractivity contribution is 0.0971. The zero-order chi connectivity index (χ0) is 25.9. The van der Waals surface area contributed by atoms with Crippen LogP contribution in [0.3, 0.4) is 0 Å². The smallest absolute Gasteiger partial charge is 0.267 e. The summed E-state index contributed by atoms with van der Waals surface area (Å²) in [4.78, 5) is 24.9. The second kappa shape index (κ2) is 13.2. The number of thiophene rings is 1. The quantitative estimate of drug-likeness (QED) is 0.122. The molecule has 1 aliphatic rings. The minimum absolute atomic E-state index is 0.178. The highest BCUT2D eigenvalue weighted by atomic mass is 32.1. The van der Waals surface area contributed by atoms with Gasteiger partial charge in [0.15, 0.2) is 6.19 Å². The lowest BCUT2D eigenvalue weighted by atomic mass is 10.1. The van der Waals surface area contributed by atoms with Gasteiger partial charge >= 0.3 is 0 Å². The number of benzene rings is 1. The van der Waals surface area contributed by atoms with E-state index in [2.05, 4.69) is 36.9 Å². The number of pyridine rings is 1. The molecule has 2 aromatic heterocycles. The second-order valence-corrected chi connectivity index (χ2v) is 9.44. The summed E-state index contributed by atoms with van der Waals surface area (Å²) in [6.07, 6.45) is 12.6. The van der Waals surface area contributed by atoms with Gasteiger partial charge in [-0.1, -0.05) is 31.2 Å². The Morgan fingerprint density at radius 1 is 1.24 bits per heavy atom. The molecule has 1 saturated heterocycles. The van der Waals surface area contributed by atoms with E-state index in [1.54, 1.807) is 0 Å². The maximum atomic E-state index is 13.2. The Morgan fingerprint density at radius 2 is 2.08 bits per heavy atom. The van der Waals surface area contributed by atoms with E-state index in [1.165, 1.54) is 11.3 Å². The molecule has 1 aromatic carbocycles. The van der Waals surface area contributed by atoms with Gasteiger partial charge in [-0.25, -0.2) is 4.99 Å². The first-order valence-electron chi connectivity index (χ1n) is 12.5. The number of para-hydroxylation sites is 1. The summed E-state index contributed by atoms with van der Waals surface area (Å²) in [5.41, 5.74) is 3.53. The Hall–Kier alpha value is -4.16. The maximum absolute atomic E-state index is 13.2. The van der Waals surface area contributed by atoms with E-state index in [-0.39, 0.29) is 5.91 Å². The molecule has 9 heteroatoms. The van der Waals surface area contributed by atoms with Crippen LogP contribution < -0.4 is 16.0 Å². The van der Waals surface area contributed by atoms with Crippen molar-refractivity contribution in [3.05, 3.63) is 82.3 Å². The van der Waals surface area contributed by atoms with Crippen molar-refractivity contribution in [2.24, 2.45) is 4.99 Å². The Labute approximate surface area is 221 Å². The van der Waals surface area contributed by atoms with Crippen molar-refractivity contribution >= 4 is 39.8 Å². The number of likely N-dealkylation sites (tertiary alicyclic amines) is 1. The predicted molar refractivity (Wildman–Crippen MR) is 150 cm³/mol. The number of nitrogens with zero attached hydrogens (tertiary/aromatic N) is 4. The predicted octanol–water partition coefficient (Wildman–Crippen LogP) is 5.01. The summed E-state index contributed by atoms with van der Waals surface area (Å²) in [7, 11) is 0. The van der Waals surface area contributed by atoms with Crippen molar-refractivity contribution < 1.29 is 4.79 Å². The number of fused-ring (bicyclic) bond motifs is 1. The van der Waals surface area contributed by atoms with Crippen LogP contribution in [0, 0.1) is 11.5 Å². The minimum atomic E-state index is -0.178. The molecule has 0 bridgehead atoms. The van der Waals surface area contributed by atoms with Crippen LogP contribution in [0.15, 0.2) is 76.9 Å². The number of nitrogens with one attached hydrogen (secondary N) is 3. The molecule has 190 valence electrons. The lowest BCUT2D eigenvalue weighted by Crippen LogP contribution is -2.37. The average Bonchev–Trinajstić information content (AvgIpc) is 3.62. The fourth-order valence-corrected chi connectivity index (χ4v) is 4.91. The molecular weight excluding hydrogens is 482 g/mol. The molecule has 0 saturated carbocycles. The van der Waals surface area contributed by atoms with Gasteiger partial charge in [-0.05, 0) is 60.6 Å². The Morgan fingerprint density at radius 3 is 2.89 bits per heavy atom. The fourth-order valence-electron chi connectivity index (χ4n) is 4.15. The Kier molecular flexibility index (Phi) is 9.27. The molecule has 0 radical (unpaired) electrons. The number of allylic oxidation sites excluding steroid dienone is 2. The molecule has 0 unspecified atom stereocenters. The van der Waals surface area contributed by atoms with E-state index in [0.717, 1.165) is 54.5 Å². The highest BCUT2D eigenvalue weighted by Crippen LogP contribution is 2.24.